The van der Waals surface area contributed by atoms with Gasteiger partial charge in [-0.25, -0.2) is 5.43 Å². The topological polar surface area (TPSA) is 50.7 Å². The van der Waals surface area contributed by atoms with E-state index in [1.54, 1.807) is 6.21 Å². The van der Waals surface area contributed by atoms with Crippen molar-refractivity contribution in [3.63, 3.8) is 0 Å². The van der Waals surface area contributed by atoms with Crippen LogP contribution < -0.4 is 10.2 Å². The lowest BCUT2D eigenvalue weighted by Gasteiger charge is -2.55. The number of benzene rings is 1. The second-order valence-corrected chi connectivity index (χ2v) is 7.90. The van der Waals surface area contributed by atoms with E-state index in [0.29, 0.717) is 6.61 Å². The molecular weight excluding hydrogens is 300 g/mol. The molecule has 0 heterocycles. The van der Waals surface area contributed by atoms with Crippen LogP contribution in [0.15, 0.2) is 29.4 Å². The summed E-state index contributed by atoms with van der Waals surface area (Å²) in [4.78, 5) is 12.8. The molecule has 0 spiro atoms. The Bertz CT molecular complexity index is 600. The molecule has 0 aliphatic heterocycles. The van der Waals surface area contributed by atoms with Crippen molar-refractivity contribution >= 4 is 12.1 Å². The van der Waals surface area contributed by atoms with Crippen molar-refractivity contribution in [1.82, 2.24) is 5.43 Å². The van der Waals surface area contributed by atoms with Crippen LogP contribution in [0.1, 0.15) is 51.0 Å². The summed E-state index contributed by atoms with van der Waals surface area (Å²) in [5.74, 6) is 3.32. The Morgan fingerprint density at radius 1 is 1.17 bits per heavy atom. The summed E-state index contributed by atoms with van der Waals surface area (Å²) in [6, 6.07) is 7.74. The lowest BCUT2D eigenvalue weighted by Crippen LogP contribution is -2.52. The predicted molar refractivity (Wildman–Crippen MR) is 94.0 cm³/mol. The lowest BCUT2D eigenvalue weighted by molar-refractivity contribution is -0.146. The molecule has 1 amide bonds. The number of hydrogen-bond acceptors (Lipinski definition) is 3. The minimum absolute atomic E-state index is 0.134. The zero-order chi connectivity index (χ0) is 16.6. The predicted octanol–water partition coefficient (Wildman–Crippen LogP) is 3.75. The fourth-order valence-corrected chi connectivity index (χ4v) is 5.49. The van der Waals surface area contributed by atoms with Crippen LogP contribution >= 0.6 is 0 Å². The number of hydrazone groups is 1. The fourth-order valence-electron chi connectivity index (χ4n) is 5.49. The minimum atomic E-state index is -0.134. The summed E-state index contributed by atoms with van der Waals surface area (Å²) in [6.45, 7) is 2.63. The molecule has 24 heavy (non-hydrogen) atoms. The molecule has 4 aliphatic carbocycles. The molecule has 0 unspecified atom stereocenters. The maximum atomic E-state index is 12.8. The SMILES string of the molecule is CCOc1ccc(/C=N\NC(=O)C23CC4CC(CC(C4)C2)C3)cc1. The van der Waals surface area contributed by atoms with Crippen molar-refractivity contribution in [3.05, 3.63) is 29.8 Å². The third-order valence-electron chi connectivity index (χ3n) is 6.09. The highest BCUT2D eigenvalue weighted by molar-refractivity contribution is 5.85. The Kier molecular flexibility index (Phi) is 4.07. The molecule has 4 nitrogen and oxygen atoms in total. The second-order valence-electron chi connectivity index (χ2n) is 7.90. The molecular formula is C20H26N2O2. The standard InChI is InChI=1S/C20H26N2O2/c1-2-24-18-5-3-14(4-6-18)13-21-22-19(23)20-10-15-7-16(11-20)9-17(8-15)12-20/h3-6,13,15-17H,2,7-12H2,1H3,(H,22,23)/b21-13-. The molecule has 1 N–H and O–H groups in total. The number of hydrogen-bond donors (Lipinski definition) is 1. The molecule has 4 heteroatoms. The number of amides is 1. The average Bonchev–Trinajstić information content (AvgIpc) is 2.55. The van der Waals surface area contributed by atoms with Gasteiger partial charge in [0.1, 0.15) is 5.75 Å². The molecule has 1 aromatic rings. The van der Waals surface area contributed by atoms with E-state index in [1.807, 2.05) is 31.2 Å². The minimum Gasteiger partial charge on any atom is -0.494 e. The summed E-state index contributed by atoms with van der Waals surface area (Å²) in [5.41, 5.74) is 3.66. The van der Waals surface area contributed by atoms with Gasteiger partial charge in [-0.3, -0.25) is 4.79 Å². The van der Waals surface area contributed by atoms with E-state index >= 15 is 0 Å². The summed E-state index contributed by atoms with van der Waals surface area (Å²) in [5, 5.41) is 4.21. The fraction of sp³-hybridized carbons (Fsp3) is 0.600. The third-order valence-corrected chi connectivity index (χ3v) is 6.09. The normalized spacial score (nSPS) is 33.8. The summed E-state index contributed by atoms with van der Waals surface area (Å²) < 4.78 is 5.43. The van der Waals surface area contributed by atoms with Crippen LogP contribution in [0.4, 0.5) is 0 Å². The zero-order valence-electron chi connectivity index (χ0n) is 14.3. The first-order valence-electron chi connectivity index (χ1n) is 9.23. The van der Waals surface area contributed by atoms with Crippen molar-refractivity contribution < 1.29 is 9.53 Å². The summed E-state index contributed by atoms with van der Waals surface area (Å²) >= 11 is 0. The maximum Gasteiger partial charge on any atom is 0.246 e. The van der Waals surface area contributed by atoms with E-state index in [9.17, 15) is 4.79 Å². The van der Waals surface area contributed by atoms with E-state index in [2.05, 4.69) is 10.5 Å². The number of carbonyl (C=O) groups excluding carboxylic acids is 1. The van der Waals surface area contributed by atoms with Gasteiger partial charge in [0.2, 0.25) is 5.91 Å². The first-order valence-corrected chi connectivity index (χ1v) is 9.23. The van der Waals surface area contributed by atoms with E-state index in [-0.39, 0.29) is 11.3 Å². The number of nitrogens with zero attached hydrogens (tertiary/aromatic N) is 1. The van der Waals surface area contributed by atoms with E-state index < -0.39 is 0 Å². The molecule has 0 radical (unpaired) electrons. The van der Waals surface area contributed by atoms with E-state index in [0.717, 1.165) is 48.3 Å². The number of ether oxygens (including phenoxy) is 1. The average molecular weight is 326 g/mol. The van der Waals surface area contributed by atoms with Crippen molar-refractivity contribution in [2.75, 3.05) is 6.61 Å². The highest BCUT2D eigenvalue weighted by Gasteiger charge is 2.54. The highest BCUT2D eigenvalue weighted by atomic mass is 16.5. The smallest absolute Gasteiger partial charge is 0.246 e. The van der Waals surface area contributed by atoms with Crippen LogP contribution in [0, 0.1) is 23.2 Å². The summed E-state index contributed by atoms with van der Waals surface area (Å²) in [6.07, 6.45) is 8.98. The van der Waals surface area contributed by atoms with Gasteiger partial charge in [-0.2, -0.15) is 5.10 Å². The van der Waals surface area contributed by atoms with Crippen LogP contribution in [0.25, 0.3) is 0 Å². The van der Waals surface area contributed by atoms with Crippen molar-refractivity contribution in [1.29, 1.82) is 0 Å². The summed E-state index contributed by atoms with van der Waals surface area (Å²) in [7, 11) is 0. The molecule has 5 rings (SSSR count). The molecule has 0 aromatic heterocycles. The molecule has 128 valence electrons. The Hall–Kier alpha value is -1.84. The Balaban J connectivity index is 1.38. The first kappa shape index (κ1) is 15.7. The Morgan fingerprint density at radius 2 is 1.75 bits per heavy atom. The van der Waals surface area contributed by atoms with Crippen molar-refractivity contribution in [2.45, 2.75) is 45.4 Å². The monoisotopic (exact) mass is 326 g/mol. The van der Waals surface area contributed by atoms with Crippen LogP contribution in [0.5, 0.6) is 5.75 Å². The second kappa shape index (κ2) is 6.23. The van der Waals surface area contributed by atoms with Crippen molar-refractivity contribution in [2.24, 2.45) is 28.3 Å². The van der Waals surface area contributed by atoms with E-state index in [1.165, 1.54) is 19.3 Å². The first-order chi connectivity index (χ1) is 11.7. The highest BCUT2D eigenvalue weighted by Crippen LogP contribution is 2.60. The van der Waals surface area contributed by atoms with Gasteiger partial charge in [0.25, 0.3) is 0 Å². The molecule has 0 saturated heterocycles. The number of rotatable bonds is 5. The number of nitrogens with one attached hydrogen (secondary N) is 1. The molecule has 4 aliphatic rings. The van der Waals surface area contributed by atoms with Gasteiger partial charge in [0.05, 0.1) is 18.2 Å². The van der Waals surface area contributed by atoms with Crippen LogP contribution in [0.3, 0.4) is 0 Å². The van der Waals surface area contributed by atoms with Gasteiger partial charge in [-0.05, 0) is 93.0 Å². The van der Waals surface area contributed by atoms with Gasteiger partial charge in [0.15, 0.2) is 0 Å². The van der Waals surface area contributed by atoms with Gasteiger partial charge in [-0.1, -0.05) is 0 Å². The van der Waals surface area contributed by atoms with Gasteiger partial charge in [-0.15, -0.1) is 0 Å². The van der Waals surface area contributed by atoms with Crippen LogP contribution in [-0.2, 0) is 4.79 Å². The van der Waals surface area contributed by atoms with E-state index in [4.69, 9.17) is 4.74 Å². The van der Waals surface area contributed by atoms with Gasteiger partial charge >= 0.3 is 0 Å². The maximum absolute atomic E-state index is 12.8. The van der Waals surface area contributed by atoms with Crippen LogP contribution in [0.2, 0.25) is 0 Å². The third kappa shape index (κ3) is 2.94. The molecule has 4 bridgehead atoms. The molecule has 4 saturated carbocycles. The molecule has 1 aromatic carbocycles. The van der Waals surface area contributed by atoms with Crippen molar-refractivity contribution in [3.8, 4) is 5.75 Å². The zero-order valence-corrected chi connectivity index (χ0v) is 14.3. The Morgan fingerprint density at radius 3 is 2.29 bits per heavy atom. The quantitative estimate of drug-likeness (QED) is 0.662. The van der Waals surface area contributed by atoms with Crippen LogP contribution in [-0.4, -0.2) is 18.7 Å². The largest absolute Gasteiger partial charge is 0.494 e. The molecule has 4 fully saturated rings. The lowest BCUT2D eigenvalue weighted by atomic mass is 9.49. The van der Waals surface area contributed by atoms with Gasteiger partial charge < -0.3 is 4.74 Å². The molecule has 0 atom stereocenters. The number of carbonyl (C=O) groups is 1. The van der Waals surface area contributed by atoms with Gasteiger partial charge in [0, 0.05) is 0 Å². The Labute approximate surface area is 143 Å².